The third-order valence-corrected chi connectivity index (χ3v) is 3.78. The lowest BCUT2D eigenvalue weighted by molar-refractivity contribution is -0.139. The Morgan fingerprint density at radius 2 is 1.78 bits per heavy atom. The molecular formula is C16H21N3O4. The first kappa shape index (κ1) is 16.8. The lowest BCUT2D eigenvalue weighted by Crippen LogP contribution is -2.42. The van der Waals surface area contributed by atoms with E-state index in [2.05, 4.69) is 0 Å². The molecule has 0 bridgehead atoms. The molecule has 0 radical (unpaired) electrons. The second kappa shape index (κ2) is 7.13. The van der Waals surface area contributed by atoms with Gasteiger partial charge in [-0.25, -0.2) is 4.79 Å². The molecule has 1 aromatic heterocycles. The molecule has 23 heavy (non-hydrogen) atoms. The Morgan fingerprint density at radius 3 is 2.43 bits per heavy atom. The number of benzene rings is 1. The van der Waals surface area contributed by atoms with Crippen LogP contribution < -0.4 is 5.76 Å². The summed E-state index contributed by atoms with van der Waals surface area (Å²) >= 11 is 0. The van der Waals surface area contributed by atoms with Crippen molar-refractivity contribution in [1.82, 2.24) is 14.4 Å². The fourth-order valence-electron chi connectivity index (χ4n) is 2.39. The van der Waals surface area contributed by atoms with Gasteiger partial charge >= 0.3 is 5.76 Å². The number of hydrogen-bond acceptors (Lipinski definition) is 4. The van der Waals surface area contributed by atoms with E-state index in [1.54, 1.807) is 36.2 Å². The second-order valence-corrected chi connectivity index (χ2v) is 5.24. The Bertz CT molecular complexity index is 758. The maximum Gasteiger partial charge on any atom is 0.420 e. The second-order valence-electron chi connectivity index (χ2n) is 5.24. The Morgan fingerprint density at radius 1 is 1.13 bits per heavy atom. The van der Waals surface area contributed by atoms with Crippen LogP contribution in [0, 0.1) is 0 Å². The van der Waals surface area contributed by atoms with Crippen LogP contribution >= 0.6 is 0 Å². The van der Waals surface area contributed by atoms with Gasteiger partial charge in [-0.15, -0.1) is 0 Å². The van der Waals surface area contributed by atoms with Crippen LogP contribution in [0.25, 0.3) is 11.1 Å². The molecule has 0 spiro atoms. The third-order valence-electron chi connectivity index (χ3n) is 3.78. The van der Waals surface area contributed by atoms with E-state index in [1.807, 2.05) is 13.8 Å². The average molecular weight is 319 g/mol. The zero-order valence-electron chi connectivity index (χ0n) is 13.6. The first-order valence-corrected chi connectivity index (χ1v) is 7.58. The lowest BCUT2D eigenvalue weighted by Gasteiger charge is -2.23. The molecule has 2 rings (SSSR count). The molecule has 7 heteroatoms. The normalized spacial score (nSPS) is 10.7. The van der Waals surface area contributed by atoms with Gasteiger partial charge in [0, 0.05) is 20.1 Å². The molecule has 2 aromatic rings. The fraction of sp³-hybridized carbons (Fsp3) is 0.438. The highest BCUT2D eigenvalue weighted by atomic mass is 16.4. The van der Waals surface area contributed by atoms with Crippen molar-refractivity contribution >= 4 is 22.9 Å². The number of nitrogens with zero attached hydrogens (tertiary/aromatic N) is 3. The van der Waals surface area contributed by atoms with Gasteiger partial charge in [-0.2, -0.15) is 0 Å². The molecule has 0 N–H and O–H groups in total. The highest BCUT2D eigenvalue weighted by Crippen LogP contribution is 2.11. The van der Waals surface area contributed by atoms with E-state index < -0.39 is 5.76 Å². The van der Waals surface area contributed by atoms with Crippen molar-refractivity contribution in [2.75, 3.05) is 26.7 Å². The topological polar surface area (TPSA) is 75.8 Å². The smallest absolute Gasteiger partial charge is 0.408 e. The van der Waals surface area contributed by atoms with E-state index in [0.717, 1.165) is 0 Å². The van der Waals surface area contributed by atoms with Crippen LogP contribution in [-0.4, -0.2) is 52.9 Å². The number of oxazole rings is 1. The molecule has 0 fully saturated rings. The molecule has 1 aromatic carbocycles. The van der Waals surface area contributed by atoms with E-state index in [1.165, 1.54) is 9.47 Å². The summed E-state index contributed by atoms with van der Waals surface area (Å²) in [6.07, 6.45) is 0. The largest absolute Gasteiger partial charge is 0.420 e. The molecule has 0 aliphatic rings. The van der Waals surface area contributed by atoms with E-state index >= 15 is 0 Å². The number of amides is 2. The molecule has 0 saturated carbocycles. The van der Waals surface area contributed by atoms with Crippen molar-refractivity contribution in [2.45, 2.75) is 20.4 Å². The zero-order chi connectivity index (χ0) is 17.0. The molecule has 7 nitrogen and oxygen atoms in total. The first-order valence-electron chi connectivity index (χ1n) is 7.58. The Labute approximate surface area is 134 Å². The van der Waals surface area contributed by atoms with Crippen molar-refractivity contribution in [2.24, 2.45) is 0 Å². The number of carbonyl (C=O) groups is 2. The molecular weight excluding hydrogens is 298 g/mol. The maximum absolute atomic E-state index is 12.3. The van der Waals surface area contributed by atoms with Gasteiger partial charge in [0.2, 0.25) is 11.8 Å². The Kier molecular flexibility index (Phi) is 5.20. The Balaban J connectivity index is 2.10. The molecule has 1 heterocycles. The van der Waals surface area contributed by atoms with Crippen LogP contribution in [0.4, 0.5) is 0 Å². The van der Waals surface area contributed by atoms with E-state index in [9.17, 15) is 14.4 Å². The Hall–Kier alpha value is -2.57. The highest BCUT2D eigenvalue weighted by molar-refractivity contribution is 5.85. The number of fused-ring (bicyclic) bond motifs is 1. The van der Waals surface area contributed by atoms with Gasteiger partial charge in [-0.05, 0) is 26.0 Å². The van der Waals surface area contributed by atoms with Crippen molar-refractivity contribution in [1.29, 1.82) is 0 Å². The van der Waals surface area contributed by atoms with Crippen molar-refractivity contribution < 1.29 is 14.0 Å². The van der Waals surface area contributed by atoms with E-state index in [0.29, 0.717) is 24.2 Å². The van der Waals surface area contributed by atoms with Crippen molar-refractivity contribution in [3.63, 3.8) is 0 Å². The van der Waals surface area contributed by atoms with Gasteiger partial charge in [0.05, 0.1) is 12.1 Å². The van der Waals surface area contributed by atoms with Crippen LogP contribution in [0.15, 0.2) is 33.5 Å². The first-order chi connectivity index (χ1) is 11.0. The highest BCUT2D eigenvalue weighted by Gasteiger charge is 2.19. The minimum atomic E-state index is -0.581. The number of aromatic nitrogens is 1. The van der Waals surface area contributed by atoms with Crippen LogP contribution in [0.2, 0.25) is 0 Å². The maximum atomic E-state index is 12.3. The summed E-state index contributed by atoms with van der Waals surface area (Å²) in [4.78, 5) is 39.2. The third kappa shape index (κ3) is 3.61. The summed E-state index contributed by atoms with van der Waals surface area (Å²) < 4.78 is 6.37. The molecule has 0 atom stereocenters. The van der Waals surface area contributed by atoms with Crippen LogP contribution in [0.3, 0.4) is 0 Å². The number of para-hydroxylation sites is 2. The lowest BCUT2D eigenvalue weighted by atomic mass is 10.3. The number of rotatable bonds is 6. The van der Waals surface area contributed by atoms with Crippen molar-refractivity contribution in [3.05, 3.63) is 34.8 Å². The minimum absolute atomic E-state index is 0.00888. The monoisotopic (exact) mass is 319 g/mol. The summed E-state index contributed by atoms with van der Waals surface area (Å²) in [5.41, 5.74) is 1.00. The number of hydrogen-bond donors (Lipinski definition) is 0. The predicted molar refractivity (Wildman–Crippen MR) is 86.0 cm³/mol. The SMILES string of the molecule is CCN(CC)C(=O)CN(C)C(=O)Cn1c(=O)oc2ccccc21. The van der Waals surface area contributed by atoms with Gasteiger partial charge in [0.25, 0.3) is 0 Å². The molecule has 0 saturated heterocycles. The molecule has 0 aliphatic carbocycles. The summed E-state index contributed by atoms with van der Waals surface area (Å²) in [5.74, 6) is -1.02. The average Bonchev–Trinajstić information content (AvgIpc) is 2.84. The van der Waals surface area contributed by atoms with Gasteiger partial charge < -0.3 is 14.2 Å². The van der Waals surface area contributed by atoms with Crippen LogP contribution in [0.1, 0.15) is 13.8 Å². The standard InChI is InChI=1S/C16H21N3O4/c1-4-18(5-2)15(21)10-17(3)14(20)11-19-12-8-6-7-9-13(12)23-16(19)22/h6-9H,4-5,10-11H2,1-3H3. The quantitative estimate of drug-likeness (QED) is 0.793. The molecule has 0 unspecified atom stereocenters. The van der Waals surface area contributed by atoms with E-state index in [4.69, 9.17) is 4.42 Å². The summed E-state index contributed by atoms with van der Waals surface area (Å²) in [5, 5.41) is 0. The van der Waals surface area contributed by atoms with Crippen LogP contribution in [0.5, 0.6) is 0 Å². The van der Waals surface area contributed by atoms with E-state index in [-0.39, 0.29) is 24.9 Å². The van der Waals surface area contributed by atoms with Gasteiger partial charge in [-0.1, -0.05) is 12.1 Å². The fourth-order valence-corrected chi connectivity index (χ4v) is 2.39. The van der Waals surface area contributed by atoms with Gasteiger partial charge in [0.15, 0.2) is 5.58 Å². The van der Waals surface area contributed by atoms with Crippen LogP contribution in [-0.2, 0) is 16.1 Å². The number of carbonyl (C=O) groups excluding carboxylic acids is 2. The minimum Gasteiger partial charge on any atom is -0.408 e. The zero-order valence-corrected chi connectivity index (χ0v) is 13.6. The summed E-state index contributed by atoms with van der Waals surface area (Å²) in [6.45, 7) is 4.82. The predicted octanol–water partition coefficient (Wildman–Crippen LogP) is 0.921. The number of likely N-dealkylation sites (N-methyl/N-ethyl adjacent to an activating group) is 2. The van der Waals surface area contributed by atoms with Crippen molar-refractivity contribution in [3.8, 4) is 0 Å². The van der Waals surface area contributed by atoms with Gasteiger partial charge in [-0.3, -0.25) is 14.2 Å². The molecule has 2 amide bonds. The summed E-state index contributed by atoms with van der Waals surface area (Å²) in [6, 6.07) is 6.91. The molecule has 0 aliphatic heterocycles. The molecule has 124 valence electrons. The van der Waals surface area contributed by atoms with Gasteiger partial charge in [0.1, 0.15) is 6.54 Å². The summed E-state index contributed by atoms with van der Waals surface area (Å²) in [7, 11) is 1.55.